The third-order valence-electron chi connectivity index (χ3n) is 2.68. The molecule has 0 fully saturated rings. The zero-order valence-electron chi connectivity index (χ0n) is 13.2. The molecule has 0 radical (unpaired) electrons. The summed E-state index contributed by atoms with van der Waals surface area (Å²) in [4.78, 5) is 11.7. The Kier molecular flexibility index (Phi) is 6.30. The van der Waals surface area contributed by atoms with Crippen LogP contribution < -0.4 is 20.1 Å². The maximum absolute atomic E-state index is 11.7. The molecule has 1 amide bonds. The lowest BCUT2D eigenvalue weighted by atomic mass is 10.1. The van der Waals surface area contributed by atoms with Gasteiger partial charge >= 0.3 is 0 Å². The highest BCUT2D eigenvalue weighted by atomic mass is 35.5. The quantitative estimate of drug-likeness (QED) is 0.846. The van der Waals surface area contributed by atoms with Crippen LogP contribution in [-0.4, -0.2) is 32.2 Å². The Labute approximate surface area is 131 Å². The van der Waals surface area contributed by atoms with Gasteiger partial charge in [0.15, 0.2) is 11.5 Å². The molecule has 0 spiro atoms. The molecule has 5 nitrogen and oxygen atoms in total. The Bertz CT molecular complexity index is 498. The van der Waals surface area contributed by atoms with E-state index >= 15 is 0 Å². The molecule has 0 bridgehead atoms. The number of amides is 1. The molecule has 0 saturated heterocycles. The summed E-state index contributed by atoms with van der Waals surface area (Å²) in [5.41, 5.74) is 0.609. The van der Waals surface area contributed by atoms with E-state index in [0.29, 0.717) is 23.1 Å². The second-order valence-electron chi connectivity index (χ2n) is 5.68. The molecule has 0 aliphatic rings. The number of methoxy groups -OCH3 is 2. The number of rotatable bonds is 6. The predicted molar refractivity (Wildman–Crippen MR) is 84.2 cm³/mol. The largest absolute Gasteiger partial charge is 0.493 e. The van der Waals surface area contributed by atoms with Gasteiger partial charge in [-0.15, -0.1) is 0 Å². The second kappa shape index (κ2) is 7.52. The first kappa shape index (κ1) is 17.6. The van der Waals surface area contributed by atoms with Crippen molar-refractivity contribution in [1.29, 1.82) is 0 Å². The average Bonchev–Trinajstić information content (AvgIpc) is 2.38. The number of hydrogen-bond acceptors (Lipinski definition) is 4. The van der Waals surface area contributed by atoms with Crippen molar-refractivity contribution < 1.29 is 14.3 Å². The van der Waals surface area contributed by atoms with Crippen LogP contribution >= 0.6 is 11.6 Å². The highest BCUT2D eigenvalue weighted by molar-refractivity contribution is 6.33. The molecule has 0 aromatic heterocycles. The summed E-state index contributed by atoms with van der Waals surface area (Å²) in [5.74, 6) is 1.02. The van der Waals surface area contributed by atoms with Gasteiger partial charge in [-0.2, -0.15) is 0 Å². The molecule has 2 N–H and O–H groups in total. The Morgan fingerprint density at radius 3 is 2.43 bits per heavy atom. The van der Waals surface area contributed by atoms with Gasteiger partial charge in [0, 0.05) is 12.1 Å². The molecule has 1 aromatic rings. The van der Waals surface area contributed by atoms with Crippen molar-refractivity contribution in [2.24, 2.45) is 0 Å². The van der Waals surface area contributed by atoms with E-state index in [1.165, 1.54) is 7.11 Å². The number of carbonyl (C=O) groups is 1. The lowest BCUT2D eigenvalue weighted by molar-refractivity contribution is -0.121. The number of hydrogen-bond donors (Lipinski definition) is 2. The lowest BCUT2D eigenvalue weighted by Gasteiger charge is -2.20. The van der Waals surface area contributed by atoms with Crippen LogP contribution in [-0.2, 0) is 11.3 Å². The summed E-state index contributed by atoms with van der Waals surface area (Å²) in [6.07, 6.45) is 0. The molecule has 0 aliphatic heterocycles. The molecule has 0 atom stereocenters. The highest BCUT2D eigenvalue weighted by Crippen LogP contribution is 2.37. The first-order valence-electron chi connectivity index (χ1n) is 6.69. The third-order valence-corrected chi connectivity index (χ3v) is 3.09. The molecule has 0 unspecified atom stereocenters. The van der Waals surface area contributed by atoms with Gasteiger partial charge in [0.1, 0.15) is 0 Å². The normalized spacial score (nSPS) is 11.1. The number of ether oxygens (including phenoxy) is 2. The van der Waals surface area contributed by atoms with Gasteiger partial charge in [0.2, 0.25) is 5.91 Å². The molecule has 118 valence electrons. The fourth-order valence-electron chi connectivity index (χ4n) is 1.84. The molecular formula is C15H23ClN2O3. The van der Waals surface area contributed by atoms with Gasteiger partial charge in [0.25, 0.3) is 0 Å². The van der Waals surface area contributed by atoms with Crippen molar-refractivity contribution in [1.82, 2.24) is 10.6 Å². The lowest BCUT2D eigenvalue weighted by Crippen LogP contribution is -2.44. The fourth-order valence-corrected chi connectivity index (χ4v) is 2.14. The van der Waals surface area contributed by atoms with Crippen LogP contribution in [0.3, 0.4) is 0 Å². The standard InChI is InChI=1S/C15H23ClN2O3/c1-15(2,3)18-12(19)9-17-8-10-6-7-11(20-4)14(21-5)13(10)16/h6-7,17H,8-9H2,1-5H3,(H,18,19). The van der Waals surface area contributed by atoms with E-state index in [9.17, 15) is 4.79 Å². The maximum Gasteiger partial charge on any atom is 0.234 e. The van der Waals surface area contributed by atoms with E-state index in [4.69, 9.17) is 21.1 Å². The van der Waals surface area contributed by atoms with E-state index in [2.05, 4.69) is 10.6 Å². The zero-order valence-corrected chi connectivity index (χ0v) is 13.9. The van der Waals surface area contributed by atoms with Gasteiger partial charge < -0.3 is 20.1 Å². The summed E-state index contributed by atoms with van der Waals surface area (Å²) >= 11 is 6.27. The number of nitrogens with one attached hydrogen (secondary N) is 2. The van der Waals surface area contributed by atoms with Crippen molar-refractivity contribution in [2.45, 2.75) is 32.9 Å². The van der Waals surface area contributed by atoms with Crippen LogP contribution in [0.2, 0.25) is 5.02 Å². The summed E-state index contributed by atoms with van der Waals surface area (Å²) < 4.78 is 10.4. The van der Waals surface area contributed by atoms with Crippen LogP contribution in [0, 0.1) is 0 Å². The monoisotopic (exact) mass is 314 g/mol. The molecular weight excluding hydrogens is 292 g/mol. The average molecular weight is 315 g/mol. The van der Waals surface area contributed by atoms with Crippen LogP contribution in [0.25, 0.3) is 0 Å². The summed E-state index contributed by atoms with van der Waals surface area (Å²) in [5, 5.41) is 6.43. The Balaban J connectivity index is 2.62. The third kappa shape index (κ3) is 5.44. The Morgan fingerprint density at radius 2 is 1.90 bits per heavy atom. The van der Waals surface area contributed by atoms with Crippen molar-refractivity contribution in [3.05, 3.63) is 22.7 Å². The van der Waals surface area contributed by atoms with Gasteiger partial charge in [0.05, 0.1) is 25.8 Å². The summed E-state index contributed by atoms with van der Waals surface area (Å²) in [6, 6.07) is 3.63. The van der Waals surface area contributed by atoms with Gasteiger partial charge in [-0.25, -0.2) is 0 Å². The van der Waals surface area contributed by atoms with Crippen molar-refractivity contribution in [3.8, 4) is 11.5 Å². The molecule has 1 rings (SSSR count). The smallest absolute Gasteiger partial charge is 0.234 e. The molecule has 6 heteroatoms. The Hall–Kier alpha value is -1.46. The fraction of sp³-hybridized carbons (Fsp3) is 0.533. The second-order valence-corrected chi connectivity index (χ2v) is 6.05. The van der Waals surface area contributed by atoms with Gasteiger partial charge in [-0.1, -0.05) is 17.7 Å². The SMILES string of the molecule is COc1ccc(CNCC(=O)NC(C)(C)C)c(Cl)c1OC. The molecule has 21 heavy (non-hydrogen) atoms. The minimum absolute atomic E-state index is 0.0564. The summed E-state index contributed by atoms with van der Waals surface area (Å²) in [7, 11) is 3.10. The van der Waals surface area contributed by atoms with E-state index < -0.39 is 0 Å². The van der Waals surface area contributed by atoms with Crippen LogP contribution in [0.1, 0.15) is 26.3 Å². The molecule has 0 heterocycles. The Morgan fingerprint density at radius 1 is 1.24 bits per heavy atom. The van der Waals surface area contributed by atoms with Crippen molar-refractivity contribution in [2.75, 3.05) is 20.8 Å². The number of halogens is 1. The van der Waals surface area contributed by atoms with Crippen LogP contribution in [0.4, 0.5) is 0 Å². The van der Waals surface area contributed by atoms with Crippen LogP contribution in [0.15, 0.2) is 12.1 Å². The maximum atomic E-state index is 11.7. The van der Waals surface area contributed by atoms with Crippen LogP contribution in [0.5, 0.6) is 11.5 Å². The molecule has 0 aliphatic carbocycles. The first-order chi connectivity index (χ1) is 9.78. The zero-order chi connectivity index (χ0) is 16.0. The predicted octanol–water partition coefficient (Wildman–Crippen LogP) is 2.36. The first-order valence-corrected chi connectivity index (χ1v) is 7.07. The van der Waals surface area contributed by atoms with E-state index in [1.54, 1.807) is 13.2 Å². The van der Waals surface area contributed by atoms with Gasteiger partial charge in [-0.05, 0) is 32.4 Å². The van der Waals surface area contributed by atoms with E-state index in [1.807, 2.05) is 26.8 Å². The van der Waals surface area contributed by atoms with E-state index in [-0.39, 0.29) is 18.0 Å². The highest BCUT2D eigenvalue weighted by Gasteiger charge is 2.15. The van der Waals surface area contributed by atoms with E-state index in [0.717, 1.165) is 5.56 Å². The van der Waals surface area contributed by atoms with Gasteiger partial charge in [-0.3, -0.25) is 4.79 Å². The number of benzene rings is 1. The minimum atomic E-state index is -0.236. The van der Waals surface area contributed by atoms with Crippen molar-refractivity contribution >= 4 is 17.5 Å². The van der Waals surface area contributed by atoms with Crippen molar-refractivity contribution in [3.63, 3.8) is 0 Å². The minimum Gasteiger partial charge on any atom is -0.493 e. The molecule has 0 saturated carbocycles. The topological polar surface area (TPSA) is 59.6 Å². The summed E-state index contributed by atoms with van der Waals surface area (Å²) in [6.45, 7) is 6.51. The molecule has 1 aromatic carbocycles. The number of carbonyl (C=O) groups excluding carboxylic acids is 1.